The molecule has 0 amide bonds. The molecule has 1 saturated heterocycles. The minimum atomic E-state index is -0.888. The number of rotatable bonds is 13. The molecule has 4 heteroatoms. The van der Waals surface area contributed by atoms with Crippen LogP contribution in [0.2, 0.25) is 0 Å². The summed E-state index contributed by atoms with van der Waals surface area (Å²) in [6.45, 7) is 3.77. The second kappa shape index (κ2) is 13.1. The molecule has 1 N–H and O–H groups in total. The Morgan fingerprint density at radius 3 is 2.48 bits per heavy atom. The maximum atomic E-state index is 10.4. The Hall–Kier alpha value is -1.13. The van der Waals surface area contributed by atoms with Gasteiger partial charge in [0.25, 0.3) is 0 Å². The first-order chi connectivity index (χ1) is 13.2. The van der Waals surface area contributed by atoms with Gasteiger partial charge in [-0.1, -0.05) is 70.1 Å². The average Bonchev–Trinajstić information content (AvgIpc) is 3.33. The third-order valence-corrected chi connectivity index (χ3v) is 6.12. The molecule has 1 saturated carbocycles. The summed E-state index contributed by atoms with van der Waals surface area (Å²) in [5.41, 5.74) is 0. The normalized spacial score (nSPS) is 25.1. The van der Waals surface area contributed by atoms with E-state index < -0.39 is 5.97 Å². The number of aliphatic carboxylic acids is 1. The molecule has 27 heavy (non-hydrogen) atoms. The lowest BCUT2D eigenvalue weighted by atomic mass is 9.85. The van der Waals surface area contributed by atoms with Gasteiger partial charge in [0, 0.05) is 12.0 Å². The smallest absolute Gasteiger partial charge is 0.328 e. The highest BCUT2D eigenvalue weighted by molar-refractivity contribution is 5.80. The van der Waals surface area contributed by atoms with Crippen molar-refractivity contribution < 1.29 is 19.4 Å². The third kappa shape index (κ3) is 8.61. The van der Waals surface area contributed by atoms with E-state index in [1.165, 1.54) is 70.3 Å². The molecule has 1 aliphatic carbocycles. The molecule has 1 unspecified atom stereocenters. The van der Waals surface area contributed by atoms with Gasteiger partial charge in [-0.05, 0) is 37.5 Å². The Bertz CT molecular complexity index is 465. The lowest BCUT2D eigenvalue weighted by Crippen LogP contribution is -2.22. The zero-order valence-corrected chi connectivity index (χ0v) is 17.0. The van der Waals surface area contributed by atoms with E-state index in [2.05, 4.69) is 13.0 Å². The van der Waals surface area contributed by atoms with Crippen molar-refractivity contribution >= 4 is 5.97 Å². The Morgan fingerprint density at radius 1 is 1.07 bits per heavy atom. The third-order valence-electron chi connectivity index (χ3n) is 6.12. The molecule has 0 aromatic heterocycles. The standard InChI is InChI=1S/C23H38O4/c1-2-3-10-21(23-26-17-18-27-23)15-9-14-20-13-8-12-19(20)11-6-4-5-7-16-22(24)25/h4-5,7,16,19-21,23H,2-3,6,8-15,17-18H2,1H3,(H,24,25)/t19-,20+,21?/m0/s1. The lowest BCUT2D eigenvalue weighted by Gasteiger charge is -2.24. The number of ether oxygens (including phenoxy) is 2. The predicted molar refractivity (Wildman–Crippen MR) is 109 cm³/mol. The van der Waals surface area contributed by atoms with Gasteiger partial charge in [0.2, 0.25) is 0 Å². The Morgan fingerprint density at radius 2 is 1.78 bits per heavy atom. The first kappa shape index (κ1) is 22.2. The number of unbranched alkanes of at least 4 members (excludes halogenated alkanes) is 1. The van der Waals surface area contributed by atoms with E-state index in [0.29, 0.717) is 5.92 Å². The van der Waals surface area contributed by atoms with Crippen LogP contribution >= 0.6 is 0 Å². The molecular formula is C23H38O4. The van der Waals surface area contributed by atoms with Crippen LogP contribution < -0.4 is 0 Å². The summed E-state index contributed by atoms with van der Waals surface area (Å²) in [5, 5.41) is 8.58. The molecule has 1 heterocycles. The quantitative estimate of drug-likeness (QED) is 0.328. The molecule has 2 aliphatic rings. The van der Waals surface area contributed by atoms with E-state index in [-0.39, 0.29) is 6.29 Å². The Balaban J connectivity index is 1.67. The van der Waals surface area contributed by atoms with Crippen LogP contribution in [0.3, 0.4) is 0 Å². The van der Waals surface area contributed by atoms with Crippen LogP contribution in [0.5, 0.6) is 0 Å². The van der Waals surface area contributed by atoms with Gasteiger partial charge in [0.1, 0.15) is 0 Å². The fourth-order valence-corrected chi connectivity index (χ4v) is 4.67. The van der Waals surface area contributed by atoms with Gasteiger partial charge in [-0.2, -0.15) is 0 Å². The van der Waals surface area contributed by atoms with Crippen molar-refractivity contribution in [3.05, 3.63) is 24.3 Å². The molecule has 0 radical (unpaired) electrons. The minimum Gasteiger partial charge on any atom is -0.478 e. The van der Waals surface area contributed by atoms with Crippen LogP contribution in [-0.2, 0) is 14.3 Å². The predicted octanol–water partition coefficient (Wildman–Crippen LogP) is 5.73. The van der Waals surface area contributed by atoms with E-state index in [9.17, 15) is 4.79 Å². The SMILES string of the molecule is CCCCC(CCC[C@H]1CCC[C@@H]1CCC=CC=CC(=O)O)C1OCCO1. The van der Waals surface area contributed by atoms with E-state index in [1.807, 2.05) is 6.08 Å². The number of carboxylic acid groups (broad SMARTS) is 1. The van der Waals surface area contributed by atoms with Crippen molar-refractivity contribution in [1.29, 1.82) is 0 Å². The average molecular weight is 379 g/mol. The molecule has 2 fully saturated rings. The summed E-state index contributed by atoms with van der Waals surface area (Å²) in [4.78, 5) is 10.4. The van der Waals surface area contributed by atoms with Crippen LogP contribution in [0.4, 0.5) is 0 Å². The van der Waals surface area contributed by atoms with Gasteiger partial charge in [-0.25, -0.2) is 4.79 Å². The summed E-state index contributed by atoms with van der Waals surface area (Å²) in [5.74, 6) is 1.38. The molecule has 2 rings (SSSR count). The molecule has 0 spiro atoms. The zero-order chi connectivity index (χ0) is 19.3. The number of carbonyl (C=O) groups is 1. The maximum absolute atomic E-state index is 10.4. The summed E-state index contributed by atoms with van der Waals surface area (Å²) in [7, 11) is 0. The van der Waals surface area contributed by atoms with Gasteiger partial charge in [0.15, 0.2) is 6.29 Å². The molecule has 1 aliphatic heterocycles. The van der Waals surface area contributed by atoms with Gasteiger partial charge >= 0.3 is 5.97 Å². The first-order valence-electron chi connectivity index (χ1n) is 11.0. The van der Waals surface area contributed by atoms with Crippen molar-refractivity contribution in [2.24, 2.45) is 17.8 Å². The lowest BCUT2D eigenvalue weighted by molar-refractivity contribution is -0.131. The molecule has 4 nitrogen and oxygen atoms in total. The van der Waals surface area contributed by atoms with E-state index in [0.717, 1.165) is 31.5 Å². The van der Waals surface area contributed by atoms with Crippen LogP contribution in [0, 0.1) is 17.8 Å². The molecule has 0 aromatic carbocycles. The number of hydrogen-bond acceptors (Lipinski definition) is 3. The van der Waals surface area contributed by atoms with Crippen molar-refractivity contribution in [2.75, 3.05) is 13.2 Å². The Labute approximate surface area is 165 Å². The van der Waals surface area contributed by atoms with E-state index in [4.69, 9.17) is 14.6 Å². The van der Waals surface area contributed by atoms with Crippen LogP contribution in [0.15, 0.2) is 24.3 Å². The van der Waals surface area contributed by atoms with Crippen molar-refractivity contribution in [1.82, 2.24) is 0 Å². The van der Waals surface area contributed by atoms with E-state index >= 15 is 0 Å². The van der Waals surface area contributed by atoms with Crippen molar-refractivity contribution in [3.8, 4) is 0 Å². The molecule has 3 atom stereocenters. The highest BCUT2D eigenvalue weighted by Crippen LogP contribution is 2.39. The summed E-state index contributed by atoms with van der Waals surface area (Å²) < 4.78 is 11.6. The first-order valence-corrected chi connectivity index (χ1v) is 11.0. The molecule has 0 bridgehead atoms. The summed E-state index contributed by atoms with van der Waals surface area (Å²) in [6.07, 6.45) is 20.8. The van der Waals surface area contributed by atoms with Crippen molar-refractivity contribution in [2.45, 2.75) is 83.8 Å². The monoisotopic (exact) mass is 378 g/mol. The second-order valence-corrected chi connectivity index (χ2v) is 8.10. The highest BCUT2D eigenvalue weighted by atomic mass is 16.7. The number of hydrogen-bond donors (Lipinski definition) is 1. The van der Waals surface area contributed by atoms with Crippen LogP contribution in [0.1, 0.15) is 77.6 Å². The second-order valence-electron chi connectivity index (χ2n) is 8.10. The highest BCUT2D eigenvalue weighted by Gasteiger charge is 2.29. The fourth-order valence-electron chi connectivity index (χ4n) is 4.67. The number of carboxylic acids is 1. The van der Waals surface area contributed by atoms with Gasteiger partial charge in [-0.3, -0.25) is 0 Å². The summed E-state index contributed by atoms with van der Waals surface area (Å²) >= 11 is 0. The summed E-state index contributed by atoms with van der Waals surface area (Å²) in [6, 6.07) is 0. The van der Waals surface area contributed by atoms with Gasteiger partial charge in [-0.15, -0.1) is 0 Å². The maximum Gasteiger partial charge on any atom is 0.328 e. The minimum absolute atomic E-state index is 0.0416. The van der Waals surface area contributed by atoms with Gasteiger partial charge < -0.3 is 14.6 Å². The topological polar surface area (TPSA) is 55.8 Å². The van der Waals surface area contributed by atoms with Gasteiger partial charge in [0.05, 0.1) is 13.2 Å². The van der Waals surface area contributed by atoms with Crippen LogP contribution in [-0.4, -0.2) is 30.6 Å². The van der Waals surface area contributed by atoms with Crippen molar-refractivity contribution in [3.63, 3.8) is 0 Å². The largest absolute Gasteiger partial charge is 0.478 e. The number of allylic oxidation sites excluding steroid dienone is 3. The molecule has 0 aromatic rings. The molecular weight excluding hydrogens is 340 g/mol. The molecule has 154 valence electrons. The van der Waals surface area contributed by atoms with E-state index in [1.54, 1.807) is 6.08 Å². The zero-order valence-electron chi connectivity index (χ0n) is 17.0. The Kier molecular flexibility index (Phi) is 10.8. The fraction of sp³-hybridized carbons (Fsp3) is 0.783. The van der Waals surface area contributed by atoms with Crippen LogP contribution in [0.25, 0.3) is 0 Å².